The summed E-state index contributed by atoms with van der Waals surface area (Å²) in [6.45, 7) is 7.59. The van der Waals surface area contributed by atoms with Crippen molar-refractivity contribution in [3.05, 3.63) is 22.9 Å². The van der Waals surface area contributed by atoms with Gasteiger partial charge in [-0.15, -0.1) is 0 Å². The van der Waals surface area contributed by atoms with Crippen molar-refractivity contribution in [2.75, 3.05) is 5.75 Å². The monoisotopic (exact) mass is 263 g/mol. The first kappa shape index (κ1) is 14.5. The third-order valence-electron chi connectivity index (χ3n) is 2.21. The highest BCUT2D eigenvalue weighted by Gasteiger charge is 2.11. The molecule has 0 aliphatic heterocycles. The van der Waals surface area contributed by atoms with Crippen LogP contribution in [0.5, 0.6) is 0 Å². The van der Waals surface area contributed by atoms with Crippen LogP contribution in [0.25, 0.3) is 0 Å². The Morgan fingerprint density at radius 2 is 2.22 bits per heavy atom. The third-order valence-corrected chi connectivity index (χ3v) is 3.19. The molecule has 0 atom stereocenters. The Balaban J connectivity index is 2.79. The number of nitrogens with one attached hydrogen (secondary N) is 1. The number of nitriles is 1. The number of amides is 1. The predicted molar refractivity (Wildman–Crippen MR) is 72.4 cm³/mol. The Hall–Kier alpha value is -1.54. The summed E-state index contributed by atoms with van der Waals surface area (Å²) in [4.78, 5) is 15.9. The number of hydrogen-bond acceptors (Lipinski definition) is 4. The van der Waals surface area contributed by atoms with Crippen LogP contribution in [0.2, 0.25) is 0 Å². The van der Waals surface area contributed by atoms with E-state index in [1.54, 1.807) is 0 Å². The highest BCUT2D eigenvalue weighted by Crippen LogP contribution is 2.23. The molecule has 1 N–H and O–H groups in total. The number of nitrogens with zero attached hydrogens (tertiary/aromatic N) is 2. The molecule has 0 aromatic carbocycles. The highest BCUT2D eigenvalue weighted by atomic mass is 32.2. The summed E-state index contributed by atoms with van der Waals surface area (Å²) in [5.41, 5.74) is 2.32. The van der Waals surface area contributed by atoms with Crippen LogP contribution in [-0.2, 0) is 4.79 Å². The molecule has 0 aliphatic carbocycles. The summed E-state index contributed by atoms with van der Waals surface area (Å²) in [6, 6.07) is 4.14. The fourth-order valence-electron chi connectivity index (χ4n) is 1.54. The molecule has 0 unspecified atom stereocenters. The molecule has 1 aromatic rings. The standard InChI is InChI=1S/C13H17N3OS/c1-8(2)15-12(17)7-18-13-11(6-14)9(3)5-10(4)16-13/h5,8H,7H2,1-4H3,(H,15,17). The van der Waals surface area contributed by atoms with E-state index in [9.17, 15) is 4.79 Å². The van der Waals surface area contributed by atoms with E-state index in [0.717, 1.165) is 11.3 Å². The summed E-state index contributed by atoms with van der Waals surface area (Å²) in [5.74, 6) is 0.239. The zero-order chi connectivity index (χ0) is 13.7. The van der Waals surface area contributed by atoms with Crippen molar-refractivity contribution in [2.24, 2.45) is 0 Å². The number of pyridine rings is 1. The second-order valence-electron chi connectivity index (χ2n) is 4.38. The van der Waals surface area contributed by atoms with Gasteiger partial charge in [0.25, 0.3) is 0 Å². The maximum Gasteiger partial charge on any atom is 0.230 e. The second-order valence-corrected chi connectivity index (χ2v) is 5.35. The molecule has 0 radical (unpaired) electrons. The van der Waals surface area contributed by atoms with Gasteiger partial charge < -0.3 is 5.32 Å². The first-order valence-electron chi connectivity index (χ1n) is 5.74. The van der Waals surface area contributed by atoms with E-state index in [2.05, 4.69) is 16.4 Å². The van der Waals surface area contributed by atoms with Crippen molar-refractivity contribution in [2.45, 2.75) is 38.8 Å². The van der Waals surface area contributed by atoms with E-state index in [1.807, 2.05) is 33.8 Å². The molecule has 0 spiro atoms. The molecule has 4 nitrogen and oxygen atoms in total. The van der Waals surface area contributed by atoms with E-state index < -0.39 is 0 Å². The molecule has 5 heteroatoms. The Morgan fingerprint density at radius 3 is 2.78 bits per heavy atom. The van der Waals surface area contributed by atoms with E-state index in [0.29, 0.717) is 10.6 Å². The van der Waals surface area contributed by atoms with Gasteiger partial charge in [-0.05, 0) is 39.3 Å². The van der Waals surface area contributed by atoms with Crippen molar-refractivity contribution in [3.63, 3.8) is 0 Å². The van der Waals surface area contributed by atoms with Crippen LogP contribution in [0.1, 0.15) is 30.7 Å². The van der Waals surface area contributed by atoms with E-state index in [4.69, 9.17) is 5.26 Å². The van der Waals surface area contributed by atoms with Crippen LogP contribution in [0.3, 0.4) is 0 Å². The summed E-state index contributed by atoms with van der Waals surface area (Å²) < 4.78 is 0. The Morgan fingerprint density at radius 1 is 1.56 bits per heavy atom. The highest BCUT2D eigenvalue weighted by molar-refractivity contribution is 8.00. The lowest BCUT2D eigenvalue weighted by Crippen LogP contribution is -2.31. The molecule has 1 heterocycles. The van der Waals surface area contributed by atoms with Gasteiger partial charge in [-0.1, -0.05) is 11.8 Å². The Kier molecular flexibility index (Phi) is 5.17. The van der Waals surface area contributed by atoms with Crippen molar-refractivity contribution >= 4 is 17.7 Å². The smallest absolute Gasteiger partial charge is 0.230 e. The minimum Gasteiger partial charge on any atom is -0.353 e. The molecular formula is C13H17N3OS. The van der Waals surface area contributed by atoms with Crippen LogP contribution in [0.15, 0.2) is 11.1 Å². The topological polar surface area (TPSA) is 65.8 Å². The SMILES string of the molecule is Cc1cc(C)c(C#N)c(SCC(=O)NC(C)C)n1. The van der Waals surface area contributed by atoms with Crippen LogP contribution in [0.4, 0.5) is 0 Å². The molecule has 1 rings (SSSR count). The number of rotatable bonds is 4. The lowest BCUT2D eigenvalue weighted by atomic mass is 10.1. The molecule has 1 amide bonds. The van der Waals surface area contributed by atoms with E-state index in [1.165, 1.54) is 11.8 Å². The summed E-state index contributed by atoms with van der Waals surface area (Å²) in [7, 11) is 0. The maximum absolute atomic E-state index is 11.6. The molecule has 0 bridgehead atoms. The number of carbonyl (C=O) groups excluding carboxylic acids is 1. The van der Waals surface area contributed by atoms with E-state index in [-0.39, 0.29) is 17.7 Å². The largest absolute Gasteiger partial charge is 0.353 e. The third kappa shape index (κ3) is 4.04. The van der Waals surface area contributed by atoms with Gasteiger partial charge in [-0.25, -0.2) is 4.98 Å². The van der Waals surface area contributed by atoms with E-state index >= 15 is 0 Å². The van der Waals surface area contributed by atoms with Crippen molar-refractivity contribution in [1.29, 1.82) is 5.26 Å². The van der Waals surface area contributed by atoms with Gasteiger partial charge in [0.2, 0.25) is 5.91 Å². The van der Waals surface area contributed by atoms with Gasteiger partial charge in [0.15, 0.2) is 0 Å². The molecule has 0 saturated carbocycles. The molecule has 0 fully saturated rings. The van der Waals surface area contributed by atoms with Crippen LogP contribution in [-0.4, -0.2) is 22.7 Å². The maximum atomic E-state index is 11.6. The van der Waals surface area contributed by atoms with Gasteiger partial charge in [0, 0.05) is 11.7 Å². The van der Waals surface area contributed by atoms with Gasteiger partial charge in [-0.3, -0.25) is 4.79 Å². The van der Waals surface area contributed by atoms with Crippen LogP contribution < -0.4 is 5.32 Å². The first-order valence-corrected chi connectivity index (χ1v) is 6.73. The average molecular weight is 263 g/mol. The van der Waals surface area contributed by atoms with Crippen LogP contribution in [0, 0.1) is 25.2 Å². The normalized spacial score (nSPS) is 10.2. The molecule has 0 aliphatic rings. The number of aromatic nitrogens is 1. The molecule has 1 aromatic heterocycles. The van der Waals surface area contributed by atoms with Crippen LogP contribution >= 0.6 is 11.8 Å². The number of hydrogen-bond donors (Lipinski definition) is 1. The summed E-state index contributed by atoms with van der Waals surface area (Å²) >= 11 is 1.30. The van der Waals surface area contributed by atoms with Crippen molar-refractivity contribution in [1.82, 2.24) is 10.3 Å². The second kappa shape index (κ2) is 6.41. The van der Waals surface area contributed by atoms with Gasteiger partial charge in [-0.2, -0.15) is 5.26 Å². The lowest BCUT2D eigenvalue weighted by molar-refractivity contribution is -0.119. The fourth-order valence-corrected chi connectivity index (χ4v) is 2.45. The van der Waals surface area contributed by atoms with Crippen molar-refractivity contribution in [3.8, 4) is 6.07 Å². The Labute approximate surface area is 112 Å². The number of thioether (sulfide) groups is 1. The molecular weight excluding hydrogens is 246 g/mol. The zero-order valence-electron chi connectivity index (χ0n) is 11.1. The Bertz CT molecular complexity index is 492. The average Bonchev–Trinajstić information content (AvgIpc) is 2.24. The van der Waals surface area contributed by atoms with Gasteiger partial charge in [0.1, 0.15) is 11.1 Å². The summed E-state index contributed by atoms with van der Waals surface area (Å²) in [6.07, 6.45) is 0. The molecule has 0 saturated heterocycles. The van der Waals surface area contributed by atoms with Crippen molar-refractivity contribution < 1.29 is 4.79 Å². The minimum absolute atomic E-state index is 0.0418. The number of carbonyl (C=O) groups is 1. The molecule has 96 valence electrons. The lowest BCUT2D eigenvalue weighted by Gasteiger charge is -2.09. The van der Waals surface area contributed by atoms with Gasteiger partial charge >= 0.3 is 0 Å². The predicted octanol–water partition coefficient (Wildman–Crippen LogP) is 2.19. The minimum atomic E-state index is -0.0418. The quantitative estimate of drug-likeness (QED) is 0.846. The fraction of sp³-hybridized carbons (Fsp3) is 0.462. The first-order chi connectivity index (χ1) is 8.43. The van der Waals surface area contributed by atoms with Gasteiger partial charge in [0.05, 0.1) is 11.3 Å². The summed E-state index contributed by atoms with van der Waals surface area (Å²) in [5, 5.41) is 12.5. The molecule has 18 heavy (non-hydrogen) atoms. The zero-order valence-corrected chi connectivity index (χ0v) is 11.9. The number of aryl methyl sites for hydroxylation is 2.